The quantitative estimate of drug-likeness (QED) is 0.415. The third kappa shape index (κ3) is 4.98. The number of anilines is 1. The second-order valence-corrected chi connectivity index (χ2v) is 6.38. The van der Waals surface area contributed by atoms with Crippen LogP contribution in [-0.2, 0) is 4.79 Å². The molecule has 0 atom stereocenters. The zero-order valence-corrected chi connectivity index (χ0v) is 16.7. The Kier molecular flexibility index (Phi) is 7.35. The van der Waals surface area contributed by atoms with Gasteiger partial charge < -0.3 is 14.8 Å². The molecule has 7 heteroatoms. The van der Waals surface area contributed by atoms with Gasteiger partial charge in [0, 0.05) is 10.7 Å². The molecule has 28 heavy (non-hydrogen) atoms. The molecule has 1 amide bonds. The van der Waals surface area contributed by atoms with Crippen molar-refractivity contribution < 1.29 is 14.3 Å². The number of rotatable bonds is 6. The Bertz CT molecular complexity index is 1020. The Labute approximate surface area is 173 Å². The molecule has 0 spiro atoms. The number of methoxy groups -OCH3 is 1. The molecule has 1 N–H and O–H groups in total. The van der Waals surface area contributed by atoms with Crippen molar-refractivity contribution in [2.75, 3.05) is 19.0 Å². The van der Waals surface area contributed by atoms with E-state index in [1.165, 1.54) is 13.2 Å². The van der Waals surface area contributed by atoms with Crippen molar-refractivity contribution in [3.8, 4) is 29.9 Å². The van der Waals surface area contributed by atoms with Gasteiger partial charge in [-0.1, -0.05) is 35.2 Å². The van der Waals surface area contributed by atoms with Crippen LogP contribution in [0, 0.1) is 30.6 Å². The molecule has 0 unspecified atom stereocenters. The molecule has 0 heterocycles. The number of halogens is 2. The number of nitrogens with one attached hydrogen (secondary N) is 1. The smallest absolute Gasteiger partial charge is 0.266 e. The van der Waals surface area contributed by atoms with Crippen LogP contribution in [-0.4, -0.2) is 19.6 Å². The van der Waals surface area contributed by atoms with Crippen LogP contribution in [0.15, 0.2) is 35.9 Å². The summed E-state index contributed by atoms with van der Waals surface area (Å²) in [5.41, 5.74) is 1.60. The van der Waals surface area contributed by atoms with Crippen molar-refractivity contribution in [3.05, 3.63) is 57.1 Å². The van der Waals surface area contributed by atoms with Crippen LogP contribution in [0.3, 0.4) is 0 Å². The lowest BCUT2D eigenvalue weighted by molar-refractivity contribution is -0.112. The molecule has 0 saturated carbocycles. The number of hydrogen-bond acceptors (Lipinski definition) is 4. The molecule has 0 aliphatic rings. The maximum Gasteiger partial charge on any atom is 0.266 e. The van der Waals surface area contributed by atoms with Crippen LogP contribution >= 0.6 is 23.2 Å². The average Bonchev–Trinajstić information content (AvgIpc) is 2.68. The van der Waals surface area contributed by atoms with Gasteiger partial charge in [-0.15, -0.1) is 6.42 Å². The number of terminal acetylenes is 1. The summed E-state index contributed by atoms with van der Waals surface area (Å²) in [5.74, 6) is 2.39. The Morgan fingerprint density at radius 2 is 2.07 bits per heavy atom. The predicted molar refractivity (Wildman–Crippen MR) is 111 cm³/mol. The maximum atomic E-state index is 12.5. The summed E-state index contributed by atoms with van der Waals surface area (Å²) >= 11 is 12.3. The van der Waals surface area contributed by atoms with Gasteiger partial charge >= 0.3 is 0 Å². The number of nitrogens with zero attached hydrogens (tertiary/aromatic N) is 1. The topological polar surface area (TPSA) is 71.3 Å². The van der Waals surface area contributed by atoms with E-state index in [0.29, 0.717) is 27.6 Å². The van der Waals surface area contributed by atoms with Gasteiger partial charge in [-0.2, -0.15) is 5.26 Å². The van der Waals surface area contributed by atoms with Crippen LogP contribution in [0.4, 0.5) is 5.69 Å². The number of carbonyl (C=O) groups is 1. The molecule has 0 radical (unpaired) electrons. The summed E-state index contributed by atoms with van der Waals surface area (Å²) < 4.78 is 10.6. The highest BCUT2D eigenvalue weighted by molar-refractivity contribution is 6.32. The second kappa shape index (κ2) is 9.71. The summed E-state index contributed by atoms with van der Waals surface area (Å²) in [5, 5.41) is 12.8. The number of amides is 1. The lowest BCUT2D eigenvalue weighted by atomic mass is 10.1. The third-order valence-electron chi connectivity index (χ3n) is 3.74. The third-order valence-corrected chi connectivity index (χ3v) is 4.43. The van der Waals surface area contributed by atoms with Crippen molar-refractivity contribution in [2.24, 2.45) is 0 Å². The summed E-state index contributed by atoms with van der Waals surface area (Å²) in [7, 11) is 1.45. The Balaban J connectivity index is 2.34. The number of hydrogen-bond donors (Lipinski definition) is 1. The lowest BCUT2D eigenvalue weighted by Gasteiger charge is -2.12. The molecule has 2 aromatic carbocycles. The molecule has 0 bridgehead atoms. The first-order valence-electron chi connectivity index (χ1n) is 8.03. The first-order chi connectivity index (χ1) is 13.4. The first kappa shape index (κ1) is 21.2. The Morgan fingerprint density at radius 3 is 2.71 bits per heavy atom. The number of benzene rings is 2. The number of carbonyl (C=O) groups excluding carboxylic acids is 1. The summed E-state index contributed by atoms with van der Waals surface area (Å²) in [6, 6.07) is 10.1. The summed E-state index contributed by atoms with van der Waals surface area (Å²) in [4.78, 5) is 12.5. The number of ether oxygens (including phenoxy) is 2. The highest BCUT2D eigenvalue weighted by Gasteiger charge is 2.15. The summed E-state index contributed by atoms with van der Waals surface area (Å²) in [6.45, 7) is 1.80. The molecule has 0 fully saturated rings. The SMILES string of the molecule is C#CCOc1c(Cl)cc(/C=C(\C#N)C(=O)Nc2cccc(Cl)c2C)cc1OC. The van der Waals surface area contributed by atoms with Gasteiger partial charge in [0.1, 0.15) is 18.2 Å². The zero-order chi connectivity index (χ0) is 20.7. The minimum Gasteiger partial charge on any atom is -0.493 e. The van der Waals surface area contributed by atoms with Gasteiger partial charge in [0.05, 0.1) is 12.1 Å². The predicted octanol–water partition coefficient (Wildman–Crippen LogP) is 4.87. The first-order valence-corrected chi connectivity index (χ1v) is 8.79. The largest absolute Gasteiger partial charge is 0.493 e. The minimum absolute atomic E-state index is 0.0239. The monoisotopic (exact) mass is 414 g/mol. The van der Waals surface area contributed by atoms with E-state index in [1.54, 1.807) is 37.3 Å². The zero-order valence-electron chi connectivity index (χ0n) is 15.2. The molecule has 2 aromatic rings. The standard InChI is InChI=1S/C21H16Cl2N2O3/c1-4-8-28-20-17(23)10-14(11-19(20)27-3)9-15(12-24)21(26)25-18-7-5-6-16(22)13(18)2/h1,5-7,9-11H,8H2,2-3H3,(H,25,26)/b15-9+. The van der Waals surface area contributed by atoms with Gasteiger partial charge in [-0.05, 0) is 48.4 Å². The van der Waals surface area contributed by atoms with Gasteiger partial charge in [-0.25, -0.2) is 0 Å². The normalized spacial score (nSPS) is 10.6. The van der Waals surface area contributed by atoms with E-state index < -0.39 is 5.91 Å². The fourth-order valence-electron chi connectivity index (χ4n) is 2.32. The van der Waals surface area contributed by atoms with Crippen molar-refractivity contribution in [1.29, 1.82) is 5.26 Å². The molecular formula is C21H16Cl2N2O3. The van der Waals surface area contributed by atoms with Crippen molar-refractivity contribution >= 4 is 40.9 Å². The molecule has 5 nitrogen and oxygen atoms in total. The molecule has 0 aromatic heterocycles. The average molecular weight is 415 g/mol. The van der Waals surface area contributed by atoms with Gasteiger partial charge in [-0.3, -0.25) is 4.79 Å². The maximum absolute atomic E-state index is 12.5. The van der Waals surface area contributed by atoms with E-state index in [4.69, 9.17) is 39.1 Å². The van der Waals surface area contributed by atoms with Crippen LogP contribution in [0.2, 0.25) is 10.0 Å². The molecule has 2 rings (SSSR count). The van der Waals surface area contributed by atoms with Crippen LogP contribution < -0.4 is 14.8 Å². The van der Waals surface area contributed by atoms with E-state index in [1.807, 2.05) is 6.07 Å². The molecule has 0 saturated heterocycles. The minimum atomic E-state index is -0.574. The highest BCUT2D eigenvalue weighted by Crippen LogP contribution is 2.37. The Morgan fingerprint density at radius 1 is 1.32 bits per heavy atom. The van der Waals surface area contributed by atoms with E-state index in [2.05, 4.69) is 11.2 Å². The molecular weight excluding hydrogens is 399 g/mol. The van der Waals surface area contributed by atoms with Gasteiger partial charge in [0.25, 0.3) is 5.91 Å². The lowest BCUT2D eigenvalue weighted by Crippen LogP contribution is -2.14. The van der Waals surface area contributed by atoms with Gasteiger partial charge in [0.2, 0.25) is 0 Å². The van der Waals surface area contributed by atoms with Crippen molar-refractivity contribution in [2.45, 2.75) is 6.92 Å². The van der Waals surface area contributed by atoms with E-state index in [9.17, 15) is 10.1 Å². The van der Waals surface area contributed by atoms with Crippen LogP contribution in [0.5, 0.6) is 11.5 Å². The fraction of sp³-hybridized carbons (Fsp3) is 0.143. The molecule has 0 aliphatic carbocycles. The highest BCUT2D eigenvalue weighted by atomic mass is 35.5. The van der Waals surface area contributed by atoms with Crippen molar-refractivity contribution in [1.82, 2.24) is 0 Å². The Hall–Kier alpha value is -3.12. The van der Waals surface area contributed by atoms with E-state index >= 15 is 0 Å². The second-order valence-electron chi connectivity index (χ2n) is 5.56. The molecule has 142 valence electrons. The van der Waals surface area contributed by atoms with Crippen molar-refractivity contribution in [3.63, 3.8) is 0 Å². The fourth-order valence-corrected chi connectivity index (χ4v) is 2.77. The van der Waals surface area contributed by atoms with Crippen LogP contribution in [0.1, 0.15) is 11.1 Å². The number of nitriles is 1. The van der Waals surface area contributed by atoms with Gasteiger partial charge in [0.15, 0.2) is 11.5 Å². The summed E-state index contributed by atoms with van der Waals surface area (Å²) in [6.07, 6.45) is 6.59. The van der Waals surface area contributed by atoms with Crippen LogP contribution in [0.25, 0.3) is 6.08 Å². The van der Waals surface area contributed by atoms with E-state index in [0.717, 1.165) is 0 Å². The van der Waals surface area contributed by atoms with E-state index in [-0.39, 0.29) is 23.0 Å². The molecule has 0 aliphatic heterocycles.